The smallest absolute Gasteiger partial charge is 0.325 e. The number of nitrogens with zero attached hydrogens (tertiary/aromatic N) is 3. The maximum Gasteiger partial charge on any atom is 0.325 e. The van der Waals surface area contributed by atoms with Crippen LogP contribution >= 0.6 is 24.0 Å². The van der Waals surface area contributed by atoms with Crippen LogP contribution in [0, 0.1) is 0 Å². The van der Waals surface area contributed by atoms with Crippen LogP contribution in [-0.4, -0.2) is 85.6 Å². The number of amides is 1. The molecule has 1 aliphatic heterocycles. The standard InChI is InChI=1S/C17H31N5O3.HI/c1-17(2,3)25-15(24)11-19-16(18-4)22-9-7-21(8-10-22)12-14(23)20-13-5-6-13;/h13H,5-12H2,1-4H3,(H,18,19)(H,20,23);1H. The van der Waals surface area contributed by atoms with Crippen molar-refractivity contribution in [2.24, 2.45) is 4.99 Å². The average molecular weight is 481 g/mol. The van der Waals surface area contributed by atoms with Crippen LogP contribution in [0.15, 0.2) is 4.99 Å². The first-order valence-electron chi connectivity index (χ1n) is 8.96. The first-order valence-corrected chi connectivity index (χ1v) is 8.96. The third-order valence-electron chi connectivity index (χ3n) is 4.00. The zero-order valence-corrected chi connectivity index (χ0v) is 18.5. The van der Waals surface area contributed by atoms with Crippen molar-refractivity contribution in [1.29, 1.82) is 0 Å². The highest BCUT2D eigenvalue weighted by Gasteiger charge is 2.26. The number of esters is 1. The minimum absolute atomic E-state index is 0. The summed E-state index contributed by atoms with van der Waals surface area (Å²) in [7, 11) is 1.70. The Morgan fingerprint density at radius 1 is 1.15 bits per heavy atom. The molecular formula is C17H32IN5O3. The molecule has 0 radical (unpaired) electrons. The highest BCUT2D eigenvalue weighted by atomic mass is 127. The maximum absolute atomic E-state index is 11.9. The Balaban J connectivity index is 0.00000338. The van der Waals surface area contributed by atoms with Crippen molar-refractivity contribution in [3.8, 4) is 0 Å². The summed E-state index contributed by atoms with van der Waals surface area (Å²) in [5, 5.41) is 6.07. The molecule has 26 heavy (non-hydrogen) atoms. The second kappa shape index (κ2) is 10.3. The number of hydrogen-bond acceptors (Lipinski definition) is 5. The second-order valence-electron chi connectivity index (χ2n) is 7.59. The summed E-state index contributed by atoms with van der Waals surface area (Å²) in [6.45, 7) is 9.21. The van der Waals surface area contributed by atoms with Crippen molar-refractivity contribution in [1.82, 2.24) is 20.4 Å². The van der Waals surface area contributed by atoms with Gasteiger partial charge in [0.1, 0.15) is 12.1 Å². The lowest BCUT2D eigenvalue weighted by Gasteiger charge is -2.36. The van der Waals surface area contributed by atoms with Gasteiger partial charge < -0.3 is 20.3 Å². The molecule has 2 rings (SSSR count). The van der Waals surface area contributed by atoms with E-state index in [1.165, 1.54) is 0 Å². The summed E-state index contributed by atoms with van der Waals surface area (Å²) in [4.78, 5) is 32.2. The van der Waals surface area contributed by atoms with Gasteiger partial charge in [-0.05, 0) is 33.6 Å². The Morgan fingerprint density at radius 2 is 1.77 bits per heavy atom. The van der Waals surface area contributed by atoms with Crippen LogP contribution in [0.3, 0.4) is 0 Å². The molecule has 0 aromatic carbocycles. The van der Waals surface area contributed by atoms with Crippen molar-refractivity contribution in [2.75, 3.05) is 46.3 Å². The first kappa shape index (κ1) is 22.9. The van der Waals surface area contributed by atoms with Crippen LogP contribution < -0.4 is 10.6 Å². The van der Waals surface area contributed by atoms with E-state index in [-0.39, 0.29) is 42.4 Å². The largest absolute Gasteiger partial charge is 0.459 e. The first-order chi connectivity index (χ1) is 11.8. The number of hydrogen-bond donors (Lipinski definition) is 2. The third-order valence-corrected chi connectivity index (χ3v) is 4.00. The van der Waals surface area contributed by atoms with Crippen LogP contribution in [-0.2, 0) is 14.3 Å². The molecule has 2 aliphatic rings. The minimum atomic E-state index is -0.491. The number of halogens is 1. The number of rotatable bonds is 5. The number of carbonyl (C=O) groups excluding carboxylic acids is 2. The van der Waals surface area contributed by atoms with Gasteiger partial charge in [-0.25, -0.2) is 0 Å². The van der Waals surface area contributed by atoms with Gasteiger partial charge in [0.15, 0.2) is 5.96 Å². The van der Waals surface area contributed by atoms with Crippen molar-refractivity contribution in [2.45, 2.75) is 45.3 Å². The molecule has 0 atom stereocenters. The van der Waals surface area contributed by atoms with E-state index in [1.807, 2.05) is 20.8 Å². The minimum Gasteiger partial charge on any atom is -0.459 e. The van der Waals surface area contributed by atoms with Crippen LogP contribution in [0.4, 0.5) is 0 Å². The molecule has 1 saturated heterocycles. The molecule has 1 saturated carbocycles. The summed E-state index contributed by atoms with van der Waals surface area (Å²) in [5.41, 5.74) is -0.491. The van der Waals surface area contributed by atoms with Gasteiger partial charge in [-0.15, -0.1) is 24.0 Å². The highest BCUT2D eigenvalue weighted by molar-refractivity contribution is 14.0. The number of piperazine rings is 1. The molecule has 0 spiro atoms. The summed E-state index contributed by atoms with van der Waals surface area (Å²) in [6, 6.07) is 0.407. The fourth-order valence-corrected chi connectivity index (χ4v) is 2.68. The van der Waals surface area contributed by atoms with Crippen LogP contribution in [0.5, 0.6) is 0 Å². The molecule has 8 nitrogen and oxygen atoms in total. The normalized spacial score (nSPS) is 18.8. The Labute approximate surface area is 173 Å². The Bertz CT molecular complexity index is 509. The molecule has 0 aromatic heterocycles. The van der Waals surface area contributed by atoms with Crippen molar-refractivity contribution in [3.63, 3.8) is 0 Å². The van der Waals surface area contributed by atoms with E-state index >= 15 is 0 Å². The fourth-order valence-electron chi connectivity index (χ4n) is 2.68. The predicted molar refractivity (Wildman–Crippen MR) is 112 cm³/mol. The molecule has 0 aromatic rings. The monoisotopic (exact) mass is 481 g/mol. The Morgan fingerprint density at radius 3 is 2.27 bits per heavy atom. The van der Waals surface area contributed by atoms with Gasteiger partial charge in [-0.2, -0.15) is 0 Å². The van der Waals surface area contributed by atoms with Crippen molar-refractivity contribution in [3.05, 3.63) is 0 Å². The average Bonchev–Trinajstić information content (AvgIpc) is 3.31. The number of ether oxygens (including phenoxy) is 1. The second-order valence-corrected chi connectivity index (χ2v) is 7.59. The quantitative estimate of drug-likeness (QED) is 0.256. The molecule has 1 aliphatic carbocycles. The molecular weight excluding hydrogens is 449 g/mol. The third kappa shape index (κ3) is 8.52. The van der Waals surface area contributed by atoms with Gasteiger partial charge in [-0.1, -0.05) is 0 Å². The molecule has 1 heterocycles. The van der Waals surface area contributed by atoms with Gasteiger partial charge in [0.2, 0.25) is 5.91 Å². The van der Waals surface area contributed by atoms with E-state index in [0.717, 1.165) is 39.0 Å². The van der Waals surface area contributed by atoms with Gasteiger partial charge in [0.25, 0.3) is 0 Å². The zero-order valence-electron chi connectivity index (χ0n) is 16.2. The Kier molecular flexibility index (Phi) is 9.08. The Hall–Kier alpha value is -1.10. The lowest BCUT2D eigenvalue weighted by molar-refractivity contribution is -0.153. The molecule has 150 valence electrons. The molecule has 0 bridgehead atoms. The van der Waals surface area contributed by atoms with E-state index in [1.54, 1.807) is 7.05 Å². The van der Waals surface area contributed by atoms with Crippen LogP contribution in [0.1, 0.15) is 33.6 Å². The number of carbonyl (C=O) groups is 2. The molecule has 2 fully saturated rings. The molecule has 2 N–H and O–H groups in total. The lowest BCUT2D eigenvalue weighted by Crippen LogP contribution is -2.54. The molecule has 0 unspecified atom stereocenters. The summed E-state index contributed by atoms with van der Waals surface area (Å²) in [5.74, 6) is 0.500. The van der Waals surface area contributed by atoms with Gasteiger partial charge in [-0.3, -0.25) is 19.5 Å². The van der Waals surface area contributed by atoms with E-state index < -0.39 is 5.60 Å². The van der Waals surface area contributed by atoms with Gasteiger partial charge in [0, 0.05) is 39.3 Å². The van der Waals surface area contributed by atoms with E-state index in [9.17, 15) is 9.59 Å². The van der Waals surface area contributed by atoms with Crippen molar-refractivity contribution >= 4 is 41.8 Å². The SMILES string of the molecule is CN=C(NCC(=O)OC(C)(C)C)N1CCN(CC(=O)NC2CC2)CC1.I. The van der Waals surface area contributed by atoms with Crippen molar-refractivity contribution < 1.29 is 14.3 Å². The maximum atomic E-state index is 11.9. The van der Waals surface area contributed by atoms with E-state index in [0.29, 0.717) is 18.5 Å². The molecule has 9 heteroatoms. The van der Waals surface area contributed by atoms with Gasteiger partial charge in [0.05, 0.1) is 6.54 Å². The summed E-state index contributed by atoms with van der Waals surface area (Å²) < 4.78 is 5.29. The number of aliphatic imine (C=N–C) groups is 1. The predicted octanol–water partition coefficient (Wildman–Crippen LogP) is 0.418. The van der Waals surface area contributed by atoms with E-state index in [4.69, 9.17) is 4.74 Å². The fraction of sp³-hybridized carbons (Fsp3) is 0.824. The summed E-state index contributed by atoms with van der Waals surface area (Å²) >= 11 is 0. The summed E-state index contributed by atoms with van der Waals surface area (Å²) in [6.07, 6.45) is 2.22. The van der Waals surface area contributed by atoms with Crippen LogP contribution in [0.2, 0.25) is 0 Å². The number of nitrogens with one attached hydrogen (secondary N) is 2. The van der Waals surface area contributed by atoms with E-state index in [2.05, 4.69) is 25.4 Å². The highest BCUT2D eigenvalue weighted by Crippen LogP contribution is 2.18. The number of guanidine groups is 1. The lowest BCUT2D eigenvalue weighted by atomic mass is 10.2. The van der Waals surface area contributed by atoms with Crippen LogP contribution in [0.25, 0.3) is 0 Å². The topological polar surface area (TPSA) is 86.3 Å². The van der Waals surface area contributed by atoms with Gasteiger partial charge >= 0.3 is 5.97 Å². The zero-order chi connectivity index (χ0) is 18.4. The molecule has 1 amide bonds.